The van der Waals surface area contributed by atoms with Gasteiger partial charge in [0.1, 0.15) is 0 Å². The van der Waals surface area contributed by atoms with Crippen LogP contribution in [0.2, 0.25) is 0 Å². The summed E-state index contributed by atoms with van der Waals surface area (Å²) in [7, 11) is 0. The highest BCUT2D eigenvalue weighted by Crippen LogP contribution is 2.45. The van der Waals surface area contributed by atoms with Crippen molar-refractivity contribution in [3.8, 4) is 11.1 Å². The van der Waals surface area contributed by atoms with Crippen LogP contribution >= 0.6 is 0 Å². The van der Waals surface area contributed by atoms with Gasteiger partial charge < -0.3 is 4.57 Å². The Kier molecular flexibility index (Phi) is 3.98. The Labute approximate surface area is 176 Å². The van der Waals surface area contributed by atoms with Crippen LogP contribution in [0.1, 0.15) is 44.4 Å². The SMILES string of the molecule is O=C(c1ccccc1)c1c2c(c3n1CC(c1ccccc1)C3)CCc1ccccc1-2. The predicted molar refractivity (Wildman–Crippen MR) is 120 cm³/mol. The number of benzene rings is 3. The molecule has 1 atom stereocenters. The zero-order valence-electron chi connectivity index (χ0n) is 16.8. The number of aryl methyl sites for hydroxylation is 1. The third kappa shape index (κ3) is 2.60. The highest BCUT2D eigenvalue weighted by atomic mass is 16.1. The van der Waals surface area contributed by atoms with Crippen molar-refractivity contribution < 1.29 is 4.79 Å². The molecule has 0 amide bonds. The third-order valence-electron chi connectivity index (χ3n) is 6.78. The van der Waals surface area contributed by atoms with Crippen molar-refractivity contribution in [1.82, 2.24) is 4.57 Å². The van der Waals surface area contributed by atoms with E-state index in [1.807, 2.05) is 30.3 Å². The molecule has 0 N–H and O–H groups in total. The van der Waals surface area contributed by atoms with E-state index in [1.165, 1.54) is 33.5 Å². The Hall–Kier alpha value is -3.39. The molecule has 146 valence electrons. The summed E-state index contributed by atoms with van der Waals surface area (Å²) < 4.78 is 2.35. The Morgan fingerprint density at radius 1 is 0.800 bits per heavy atom. The highest BCUT2D eigenvalue weighted by Gasteiger charge is 2.36. The van der Waals surface area contributed by atoms with Crippen molar-refractivity contribution in [3.63, 3.8) is 0 Å². The van der Waals surface area contributed by atoms with Gasteiger partial charge in [0, 0.05) is 29.3 Å². The molecule has 4 aromatic rings. The molecule has 0 saturated carbocycles. The van der Waals surface area contributed by atoms with Crippen LogP contribution in [0.5, 0.6) is 0 Å². The summed E-state index contributed by atoms with van der Waals surface area (Å²) in [5.74, 6) is 0.578. The van der Waals surface area contributed by atoms with E-state index >= 15 is 0 Å². The molecular weight excluding hydrogens is 366 g/mol. The van der Waals surface area contributed by atoms with Gasteiger partial charge in [-0.05, 0) is 41.5 Å². The molecule has 1 unspecified atom stereocenters. The van der Waals surface area contributed by atoms with Crippen molar-refractivity contribution in [2.24, 2.45) is 0 Å². The third-order valence-corrected chi connectivity index (χ3v) is 6.78. The van der Waals surface area contributed by atoms with Crippen LogP contribution in [0.3, 0.4) is 0 Å². The second-order valence-corrected chi connectivity index (χ2v) is 8.42. The van der Waals surface area contributed by atoms with Crippen LogP contribution < -0.4 is 0 Å². The highest BCUT2D eigenvalue weighted by molar-refractivity contribution is 6.13. The molecule has 30 heavy (non-hydrogen) atoms. The van der Waals surface area contributed by atoms with Crippen LogP contribution in [0.4, 0.5) is 0 Å². The van der Waals surface area contributed by atoms with E-state index in [1.54, 1.807) is 0 Å². The summed E-state index contributed by atoms with van der Waals surface area (Å²) in [5, 5.41) is 0. The van der Waals surface area contributed by atoms with Crippen LogP contribution in [-0.4, -0.2) is 10.4 Å². The van der Waals surface area contributed by atoms with Crippen molar-refractivity contribution >= 4 is 5.78 Å². The molecule has 0 bridgehead atoms. The first-order valence-electron chi connectivity index (χ1n) is 10.8. The molecule has 1 aliphatic heterocycles. The van der Waals surface area contributed by atoms with Crippen molar-refractivity contribution in [2.45, 2.75) is 31.7 Å². The van der Waals surface area contributed by atoms with E-state index in [-0.39, 0.29) is 5.78 Å². The minimum absolute atomic E-state index is 0.142. The maximum atomic E-state index is 13.8. The lowest BCUT2D eigenvalue weighted by Gasteiger charge is -2.20. The van der Waals surface area contributed by atoms with Gasteiger partial charge in [0.15, 0.2) is 0 Å². The summed E-state index contributed by atoms with van der Waals surface area (Å²) in [6.07, 6.45) is 3.08. The molecule has 1 aliphatic carbocycles. The summed E-state index contributed by atoms with van der Waals surface area (Å²) in [6, 6.07) is 29.1. The molecule has 0 saturated heterocycles. The standard InChI is InChI=1S/C28H23NO/c30-28(21-12-5-2-6-13-21)27-26-23-14-8-7-11-20(23)15-16-24(26)25-17-22(18-29(25)27)19-9-3-1-4-10-19/h1-14,22H,15-18H2. The lowest BCUT2D eigenvalue weighted by atomic mass is 9.83. The first kappa shape index (κ1) is 17.5. The fourth-order valence-corrected chi connectivity index (χ4v) is 5.39. The van der Waals surface area contributed by atoms with Crippen LogP contribution in [0.25, 0.3) is 11.1 Å². The number of rotatable bonds is 3. The first-order valence-corrected chi connectivity index (χ1v) is 10.8. The van der Waals surface area contributed by atoms with Crippen LogP contribution in [0, 0.1) is 0 Å². The lowest BCUT2D eigenvalue weighted by Crippen LogP contribution is -2.13. The summed E-state index contributed by atoms with van der Waals surface area (Å²) in [6.45, 7) is 0.877. The first-order chi connectivity index (χ1) is 14.8. The normalized spacial score (nSPS) is 16.6. The number of aromatic nitrogens is 1. The van der Waals surface area contributed by atoms with E-state index in [0.29, 0.717) is 5.92 Å². The largest absolute Gasteiger partial charge is 0.340 e. The average molecular weight is 389 g/mol. The summed E-state index contributed by atoms with van der Waals surface area (Å²) >= 11 is 0. The maximum Gasteiger partial charge on any atom is 0.210 e. The Morgan fingerprint density at radius 3 is 2.30 bits per heavy atom. The van der Waals surface area contributed by atoms with E-state index in [0.717, 1.165) is 37.1 Å². The minimum atomic E-state index is 0.142. The van der Waals surface area contributed by atoms with Crippen LogP contribution in [-0.2, 0) is 25.8 Å². The molecule has 1 aromatic heterocycles. The van der Waals surface area contributed by atoms with Gasteiger partial charge in [-0.3, -0.25) is 4.79 Å². The monoisotopic (exact) mass is 389 g/mol. The Balaban J connectivity index is 1.55. The minimum Gasteiger partial charge on any atom is -0.340 e. The zero-order valence-corrected chi connectivity index (χ0v) is 16.8. The van der Waals surface area contributed by atoms with E-state index in [9.17, 15) is 4.79 Å². The van der Waals surface area contributed by atoms with E-state index in [2.05, 4.69) is 59.2 Å². The maximum absolute atomic E-state index is 13.8. The number of ketones is 1. The molecule has 2 heteroatoms. The van der Waals surface area contributed by atoms with Gasteiger partial charge in [0.2, 0.25) is 5.78 Å². The van der Waals surface area contributed by atoms with Gasteiger partial charge in [0.25, 0.3) is 0 Å². The molecule has 2 nitrogen and oxygen atoms in total. The fraction of sp³-hybridized carbons (Fsp3) is 0.179. The van der Waals surface area contributed by atoms with Gasteiger partial charge in [-0.2, -0.15) is 0 Å². The van der Waals surface area contributed by atoms with Crippen LogP contribution in [0.15, 0.2) is 84.9 Å². The fourth-order valence-electron chi connectivity index (χ4n) is 5.39. The molecule has 6 rings (SSSR count). The molecule has 3 aromatic carbocycles. The van der Waals surface area contributed by atoms with Gasteiger partial charge in [-0.1, -0.05) is 84.9 Å². The second kappa shape index (κ2) is 6.84. The van der Waals surface area contributed by atoms with Crippen molar-refractivity contribution in [1.29, 1.82) is 0 Å². The quantitative estimate of drug-likeness (QED) is 0.404. The topological polar surface area (TPSA) is 22.0 Å². The molecule has 0 radical (unpaired) electrons. The number of hydrogen-bond donors (Lipinski definition) is 0. The Morgan fingerprint density at radius 2 is 1.50 bits per heavy atom. The van der Waals surface area contributed by atoms with E-state index < -0.39 is 0 Å². The molecule has 2 aliphatic rings. The van der Waals surface area contributed by atoms with Gasteiger partial charge >= 0.3 is 0 Å². The van der Waals surface area contributed by atoms with Crippen molar-refractivity contribution in [2.75, 3.05) is 0 Å². The summed E-state index contributed by atoms with van der Waals surface area (Å²) in [5.41, 5.74) is 9.58. The lowest BCUT2D eigenvalue weighted by molar-refractivity contribution is 0.103. The molecular formula is C28H23NO. The summed E-state index contributed by atoms with van der Waals surface area (Å²) in [4.78, 5) is 13.8. The van der Waals surface area contributed by atoms with Gasteiger partial charge in [-0.15, -0.1) is 0 Å². The average Bonchev–Trinajstić information content (AvgIpc) is 3.37. The number of fused-ring (bicyclic) bond motifs is 5. The van der Waals surface area contributed by atoms with E-state index in [4.69, 9.17) is 0 Å². The number of carbonyl (C=O) groups excluding carboxylic acids is 1. The molecule has 2 heterocycles. The molecule has 0 spiro atoms. The Bertz CT molecular complexity index is 1250. The van der Waals surface area contributed by atoms with Crippen molar-refractivity contribution in [3.05, 3.63) is 119 Å². The van der Waals surface area contributed by atoms with Gasteiger partial charge in [0.05, 0.1) is 5.69 Å². The number of carbonyl (C=O) groups is 1. The molecule has 0 fully saturated rings. The number of hydrogen-bond acceptors (Lipinski definition) is 1. The predicted octanol–water partition coefficient (Wildman–Crippen LogP) is 5.82. The zero-order chi connectivity index (χ0) is 20.1. The van der Waals surface area contributed by atoms with Gasteiger partial charge in [-0.25, -0.2) is 0 Å². The second-order valence-electron chi connectivity index (χ2n) is 8.42. The smallest absolute Gasteiger partial charge is 0.210 e. The number of nitrogens with zero attached hydrogens (tertiary/aromatic N) is 1.